The Morgan fingerprint density at radius 2 is 0.481 bits per heavy atom. The van der Waals surface area contributed by atoms with Gasteiger partial charge in [-0.3, -0.25) is 37.3 Å². The van der Waals surface area contributed by atoms with Gasteiger partial charge in [-0.05, 0) is 167 Å². The molecule has 17 nitrogen and oxygen atoms in total. The van der Waals surface area contributed by atoms with Crippen molar-refractivity contribution in [1.82, 2.24) is 0 Å². The highest BCUT2D eigenvalue weighted by Gasteiger charge is 2.30. The van der Waals surface area contributed by atoms with Crippen LogP contribution in [0.2, 0.25) is 0 Å². The van der Waals surface area contributed by atoms with Crippen LogP contribution in [0, 0.1) is 0 Å². The molecular formula is C89H150O17P2. The van der Waals surface area contributed by atoms with Gasteiger partial charge in [0.25, 0.3) is 0 Å². The van der Waals surface area contributed by atoms with E-state index in [4.69, 9.17) is 37.0 Å². The summed E-state index contributed by atoms with van der Waals surface area (Å²) in [6.45, 7) is 4.57. The van der Waals surface area contributed by atoms with E-state index in [1.54, 1.807) is 0 Å². The van der Waals surface area contributed by atoms with Gasteiger partial charge in [0.1, 0.15) is 19.3 Å². The number of rotatable bonds is 78. The summed E-state index contributed by atoms with van der Waals surface area (Å²) in [5, 5.41) is 10.7. The van der Waals surface area contributed by atoms with Crippen molar-refractivity contribution in [1.29, 1.82) is 0 Å². The lowest BCUT2D eigenvalue weighted by Crippen LogP contribution is -2.30. The molecule has 0 aromatic rings. The molecule has 0 bridgehead atoms. The summed E-state index contributed by atoms with van der Waals surface area (Å²) < 4.78 is 68.7. The minimum atomic E-state index is -5.00. The monoisotopic (exact) mass is 1550 g/mol. The van der Waals surface area contributed by atoms with Crippen LogP contribution in [-0.2, 0) is 65.4 Å². The first-order chi connectivity index (χ1) is 52.7. The van der Waals surface area contributed by atoms with Crippen LogP contribution in [-0.4, -0.2) is 96.7 Å². The molecule has 0 fully saturated rings. The highest BCUT2D eigenvalue weighted by molar-refractivity contribution is 7.47. The van der Waals surface area contributed by atoms with E-state index in [9.17, 15) is 43.2 Å². The predicted octanol–water partition coefficient (Wildman–Crippen LogP) is 25.0. The summed E-state index contributed by atoms with van der Waals surface area (Å²) in [5.74, 6) is -2.26. The largest absolute Gasteiger partial charge is 0.472 e. The third kappa shape index (κ3) is 79.0. The Morgan fingerprint density at radius 1 is 0.269 bits per heavy atom. The molecular weight excluding hydrogens is 1400 g/mol. The molecule has 0 radical (unpaired) electrons. The van der Waals surface area contributed by atoms with Crippen molar-refractivity contribution in [2.45, 2.75) is 354 Å². The second-order valence-electron chi connectivity index (χ2n) is 27.6. The molecule has 0 saturated heterocycles. The van der Waals surface area contributed by atoms with E-state index in [0.717, 1.165) is 180 Å². The van der Waals surface area contributed by atoms with Gasteiger partial charge < -0.3 is 33.8 Å². The lowest BCUT2D eigenvalue weighted by Gasteiger charge is -2.21. The van der Waals surface area contributed by atoms with Gasteiger partial charge >= 0.3 is 39.5 Å². The maximum atomic E-state index is 13.1. The van der Waals surface area contributed by atoms with Crippen molar-refractivity contribution in [3.05, 3.63) is 146 Å². The van der Waals surface area contributed by atoms with Crippen LogP contribution in [0.5, 0.6) is 0 Å². The van der Waals surface area contributed by atoms with E-state index in [0.29, 0.717) is 25.7 Å². The molecule has 0 rings (SSSR count). The number of carbonyl (C=O) groups excluding carboxylic acids is 4. The minimum absolute atomic E-state index is 0.0432. The second-order valence-corrected chi connectivity index (χ2v) is 30.6. The van der Waals surface area contributed by atoms with Crippen molar-refractivity contribution in [2.75, 3.05) is 39.6 Å². The second kappa shape index (κ2) is 80.0. The highest BCUT2D eigenvalue weighted by Crippen LogP contribution is 2.45. The standard InChI is InChI=1S/C89H150O17P2/c1-5-9-13-17-21-25-29-33-37-39-41-43-47-50-54-58-62-66-70-74-87(92)100-80-85(106-89(94)76-72-68-64-60-56-52-48-44-42-40-38-34-30-26-22-18-14-10-6-2)82-104-108(97,98)102-78-83(90)77-101-107(95,96)103-81-84(105-88(93)75-71-67-63-59-55-51-46-36-32-28-24-20-16-12-8-4)79-99-86(91)73-69-65-61-57-53-49-45-35-31-27-23-19-15-11-7-3/h9-10,13-14,21-22,25-26,33-38,41-46,50,52,54,56,83-85,90H,5-8,11-12,15-20,23-24,27-32,39-40,47-49,51,53,55,57-82H2,1-4H3,(H,95,96)(H,97,98)/b13-9-,14-10-,25-21-,26-22-,37-33-,38-34-,43-41-,44-42-,45-35-,46-36-,54-50-,56-52-. The van der Waals surface area contributed by atoms with Crippen molar-refractivity contribution in [3.63, 3.8) is 0 Å². The maximum Gasteiger partial charge on any atom is 0.472 e. The molecule has 0 amide bonds. The summed E-state index contributed by atoms with van der Waals surface area (Å²) in [7, 11) is -10.00. The molecule has 618 valence electrons. The molecule has 0 aliphatic carbocycles. The van der Waals surface area contributed by atoms with Crippen molar-refractivity contribution in [2.24, 2.45) is 0 Å². The normalized spacial score (nSPS) is 14.5. The third-order valence-corrected chi connectivity index (χ3v) is 19.2. The number of ether oxygens (including phenoxy) is 4. The molecule has 5 atom stereocenters. The van der Waals surface area contributed by atoms with Gasteiger partial charge in [0, 0.05) is 25.7 Å². The quantitative estimate of drug-likeness (QED) is 0.0169. The van der Waals surface area contributed by atoms with Crippen LogP contribution in [0.3, 0.4) is 0 Å². The smallest absolute Gasteiger partial charge is 0.462 e. The molecule has 0 aliphatic rings. The summed E-state index contributed by atoms with van der Waals surface area (Å²) in [4.78, 5) is 73.2. The summed E-state index contributed by atoms with van der Waals surface area (Å²) >= 11 is 0. The maximum absolute atomic E-state index is 13.1. The first-order valence-corrected chi connectivity index (χ1v) is 45.1. The Bertz CT molecular complexity index is 2610. The Balaban J connectivity index is 5.46. The number of hydrogen-bond donors (Lipinski definition) is 3. The molecule has 0 spiro atoms. The number of phosphoric ester groups is 2. The van der Waals surface area contributed by atoms with Gasteiger partial charge in [0.15, 0.2) is 12.2 Å². The summed E-state index contributed by atoms with van der Waals surface area (Å²) in [6, 6.07) is 0. The first kappa shape index (κ1) is 103. The molecule has 0 aromatic carbocycles. The van der Waals surface area contributed by atoms with Gasteiger partial charge in [0.05, 0.1) is 26.4 Å². The van der Waals surface area contributed by atoms with E-state index in [1.165, 1.54) is 77.0 Å². The van der Waals surface area contributed by atoms with Gasteiger partial charge in [-0.25, -0.2) is 9.13 Å². The number of allylic oxidation sites excluding steroid dienone is 24. The van der Waals surface area contributed by atoms with Crippen molar-refractivity contribution < 1.29 is 80.2 Å². The average molecular weight is 1550 g/mol. The average Bonchev–Trinajstić information content (AvgIpc) is 0.896. The van der Waals surface area contributed by atoms with Gasteiger partial charge in [-0.15, -0.1) is 0 Å². The van der Waals surface area contributed by atoms with E-state index in [1.807, 2.05) is 0 Å². The van der Waals surface area contributed by atoms with Crippen LogP contribution < -0.4 is 0 Å². The molecule has 3 N–H and O–H groups in total. The molecule has 0 aliphatic heterocycles. The number of esters is 4. The molecule has 0 saturated carbocycles. The summed E-state index contributed by atoms with van der Waals surface area (Å²) in [5.41, 5.74) is 0. The molecule has 19 heteroatoms. The van der Waals surface area contributed by atoms with Crippen LogP contribution in [0.25, 0.3) is 0 Å². The van der Waals surface area contributed by atoms with Crippen LogP contribution in [0.4, 0.5) is 0 Å². The number of phosphoric acid groups is 2. The SMILES string of the molecule is CC/C=C\C/C=C\C/C=C\C/C=C\C/C=C\CCCCCC(=O)OCC(COP(=O)(O)OCC(O)COP(=O)(O)OCC(COC(=O)CCCCCCC/C=C\CCCCCCCC)OC(=O)CCCCCCC/C=C\CCCCCCCC)OC(=O)CCCCC/C=C\C/C=C\C/C=C\C/C=C\C/C=C\CC. The van der Waals surface area contributed by atoms with E-state index >= 15 is 0 Å². The fourth-order valence-corrected chi connectivity index (χ4v) is 12.5. The van der Waals surface area contributed by atoms with Crippen molar-refractivity contribution >= 4 is 39.5 Å². The first-order valence-electron chi connectivity index (χ1n) is 42.1. The molecule has 108 heavy (non-hydrogen) atoms. The topological polar surface area (TPSA) is 237 Å². The van der Waals surface area contributed by atoms with Gasteiger partial charge in [-0.2, -0.15) is 0 Å². The summed E-state index contributed by atoms with van der Waals surface area (Å²) in [6.07, 6.45) is 92.4. The number of carbonyl (C=O) groups is 4. The fourth-order valence-electron chi connectivity index (χ4n) is 10.9. The molecule has 0 heterocycles. The van der Waals surface area contributed by atoms with Crippen molar-refractivity contribution in [3.8, 4) is 0 Å². The van der Waals surface area contributed by atoms with E-state index < -0.39 is 97.5 Å². The zero-order valence-electron chi connectivity index (χ0n) is 67.7. The number of unbranched alkanes of at least 4 members (excludes halogenated alkanes) is 28. The molecule has 0 aromatic heterocycles. The lowest BCUT2D eigenvalue weighted by atomic mass is 10.1. The Hall–Kier alpha value is -5.06. The zero-order chi connectivity index (χ0) is 78.9. The van der Waals surface area contributed by atoms with Crippen LogP contribution >= 0.6 is 15.6 Å². The van der Waals surface area contributed by atoms with Crippen LogP contribution in [0.15, 0.2) is 146 Å². The zero-order valence-corrected chi connectivity index (χ0v) is 69.5. The predicted molar refractivity (Wildman–Crippen MR) is 445 cm³/mol. The number of aliphatic hydroxyl groups is 1. The Morgan fingerprint density at radius 3 is 0.759 bits per heavy atom. The van der Waals surface area contributed by atoms with Gasteiger partial charge in [0.2, 0.25) is 0 Å². The lowest BCUT2D eigenvalue weighted by molar-refractivity contribution is -0.161. The minimum Gasteiger partial charge on any atom is -0.462 e. The van der Waals surface area contributed by atoms with E-state index in [-0.39, 0.29) is 25.7 Å². The Kier molecular flexibility index (Phi) is 76.3. The van der Waals surface area contributed by atoms with E-state index in [2.05, 4.69) is 174 Å². The van der Waals surface area contributed by atoms with Crippen LogP contribution in [0.1, 0.15) is 336 Å². The number of hydrogen-bond acceptors (Lipinski definition) is 15. The Labute approximate surface area is 656 Å². The highest BCUT2D eigenvalue weighted by atomic mass is 31.2. The van der Waals surface area contributed by atoms with Gasteiger partial charge in [-0.1, -0.05) is 289 Å². The third-order valence-electron chi connectivity index (χ3n) is 17.3. The molecule has 5 unspecified atom stereocenters. The number of aliphatic hydroxyl groups excluding tert-OH is 1. The fraction of sp³-hybridized carbons (Fsp3) is 0.685.